The molecule has 5 nitrogen and oxygen atoms in total. The molecule has 0 spiro atoms. The summed E-state index contributed by atoms with van der Waals surface area (Å²) in [5.74, 6) is 1.89. The van der Waals surface area contributed by atoms with Gasteiger partial charge in [0.1, 0.15) is 0 Å². The molecule has 1 aliphatic rings. The van der Waals surface area contributed by atoms with Crippen molar-refractivity contribution in [2.45, 2.75) is 6.54 Å². The molecule has 6 heteroatoms. The molecule has 2 amide bonds. The maximum absolute atomic E-state index is 12.7. The number of rotatable bonds is 6. The number of nitrogens with one attached hydrogen (secondary N) is 1. The maximum atomic E-state index is 12.7. The van der Waals surface area contributed by atoms with Gasteiger partial charge in [0.2, 0.25) is 5.91 Å². The lowest BCUT2D eigenvalue weighted by Crippen LogP contribution is -2.37. The highest BCUT2D eigenvalue weighted by Crippen LogP contribution is 2.20. The number of benzene rings is 3. The molecule has 1 saturated heterocycles. The van der Waals surface area contributed by atoms with Gasteiger partial charge in [-0.1, -0.05) is 48.5 Å². The van der Waals surface area contributed by atoms with Crippen LogP contribution < -0.4 is 5.32 Å². The minimum absolute atomic E-state index is 0.0319. The monoisotopic (exact) mass is 433 g/mol. The van der Waals surface area contributed by atoms with Gasteiger partial charge >= 0.3 is 0 Å². The third-order valence-corrected chi connectivity index (χ3v) is 6.37. The average Bonchev–Trinajstić information content (AvgIpc) is 2.79. The van der Waals surface area contributed by atoms with Crippen LogP contribution in [0.3, 0.4) is 0 Å². The molecule has 0 aromatic heterocycles. The van der Waals surface area contributed by atoms with E-state index in [-0.39, 0.29) is 18.4 Å². The third kappa shape index (κ3) is 5.46. The number of nitrogens with zero attached hydrogens (tertiary/aromatic N) is 2. The number of anilines is 1. The van der Waals surface area contributed by atoms with Crippen LogP contribution in [0.2, 0.25) is 0 Å². The van der Waals surface area contributed by atoms with Crippen LogP contribution in [0.15, 0.2) is 66.7 Å². The van der Waals surface area contributed by atoms with Crippen molar-refractivity contribution < 1.29 is 9.59 Å². The van der Waals surface area contributed by atoms with Gasteiger partial charge in [-0.05, 0) is 41.6 Å². The van der Waals surface area contributed by atoms with Crippen LogP contribution >= 0.6 is 11.8 Å². The summed E-state index contributed by atoms with van der Waals surface area (Å²) in [4.78, 5) is 29.2. The summed E-state index contributed by atoms with van der Waals surface area (Å²) >= 11 is 1.87. The van der Waals surface area contributed by atoms with E-state index in [1.54, 1.807) is 6.07 Å². The smallest absolute Gasteiger partial charge is 0.253 e. The summed E-state index contributed by atoms with van der Waals surface area (Å²) in [6.45, 7) is 2.50. The van der Waals surface area contributed by atoms with E-state index in [0.717, 1.165) is 24.6 Å². The van der Waals surface area contributed by atoms with Gasteiger partial charge in [-0.15, -0.1) is 0 Å². The van der Waals surface area contributed by atoms with Crippen LogP contribution in [0.4, 0.5) is 5.69 Å². The molecule has 1 aliphatic heterocycles. The quantitative estimate of drug-likeness (QED) is 0.636. The van der Waals surface area contributed by atoms with Gasteiger partial charge in [0.15, 0.2) is 0 Å². The van der Waals surface area contributed by atoms with Crippen molar-refractivity contribution in [1.29, 1.82) is 0 Å². The van der Waals surface area contributed by atoms with Crippen molar-refractivity contribution in [2.24, 2.45) is 0 Å². The highest BCUT2D eigenvalue weighted by Gasteiger charge is 2.19. The molecule has 0 saturated carbocycles. The second-order valence-electron chi connectivity index (χ2n) is 7.84. The van der Waals surface area contributed by atoms with E-state index in [9.17, 15) is 9.59 Å². The molecule has 0 unspecified atom stereocenters. The summed E-state index contributed by atoms with van der Waals surface area (Å²) in [7, 11) is 1.94. The number of likely N-dealkylation sites (N-methyl/N-ethyl adjacent to an activating group) is 1. The van der Waals surface area contributed by atoms with Crippen LogP contribution in [-0.2, 0) is 11.3 Å². The molecule has 1 heterocycles. The van der Waals surface area contributed by atoms with Gasteiger partial charge in [-0.25, -0.2) is 0 Å². The number of fused-ring (bicyclic) bond motifs is 1. The van der Waals surface area contributed by atoms with Gasteiger partial charge in [0.25, 0.3) is 5.91 Å². The Bertz CT molecular complexity index is 1070. The van der Waals surface area contributed by atoms with E-state index in [1.807, 2.05) is 58.9 Å². The maximum Gasteiger partial charge on any atom is 0.253 e. The highest BCUT2D eigenvalue weighted by atomic mass is 32.2. The van der Waals surface area contributed by atoms with E-state index in [1.165, 1.54) is 16.3 Å². The standard InChI is InChI=1S/C25H27N3O2S/c1-27(17-21-9-4-7-19-6-2-3-11-23(19)21)18-24(29)26-22-10-5-8-20(16-22)25(30)28-12-14-31-15-13-28/h2-11,16H,12-15,17-18H2,1H3,(H,26,29). The molecule has 160 valence electrons. The predicted molar refractivity (Wildman–Crippen MR) is 129 cm³/mol. The summed E-state index contributed by atoms with van der Waals surface area (Å²) in [5.41, 5.74) is 2.47. The summed E-state index contributed by atoms with van der Waals surface area (Å²) in [6.07, 6.45) is 0. The normalized spacial score (nSPS) is 14.1. The number of hydrogen-bond acceptors (Lipinski definition) is 4. The molecular weight excluding hydrogens is 406 g/mol. The number of carbonyl (C=O) groups is 2. The molecule has 1 fully saturated rings. The second-order valence-corrected chi connectivity index (χ2v) is 9.07. The van der Waals surface area contributed by atoms with Crippen LogP contribution in [0.25, 0.3) is 10.8 Å². The van der Waals surface area contributed by atoms with E-state index < -0.39 is 0 Å². The van der Waals surface area contributed by atoms with Crippen LogP contribution in [0.1, 0.15) is 15.9 Å². The first-order valence-electron chi connectivity index (χ1n) is 10.5. The molecule has 3 aromatic carbocycles. The Balaban J connectivity index is 1.36. The third-order valence-electron chi connectivity index (χ3n) is 5.43. The zero-order chi connectivity index (χ0) is 21.6. The summed E-state index contributed by atoms with van der Waals surface area (Å²) in [5, 5.41) is 5.35. The van der Waals surface area contributed by atoms with Crippen LogP contribution in [0.5, 0.6) is 0 Å². The number of hydrogen-bond donors (Lipinski definition) is 1. The Kier molecular flexibility index (Phi) is 6.89. The Morgan fingerprint density at radius 1 is 1.00 bits per heavy atom. The van der Waals surface area contributed by atoms with Crippen molar-refractivity contribution in [3.05, 3.63) is 77.9 Å². The molecule has 31 heavy (non-hydrogen) atoms. The van der Waals surface area contributed by atoms with Crippen molar-refractivity contribution in [3.63, 3.8) is 0 Å². The lowest BCUT2D eigenvalue weighted by atomic mass is 10.0. The van der Waals surface area contributed by atoms with E-state index >= 15 is 0 Å². The van der Waals surface area contributed by atoms with Crippen molar-refractivity contribution in [3.8, 4) is 0 Å². The van der Waals surface area contributed by atoms with E-state index in [4.69, 9.17) is 0 Å². The molecular formula is C25H27N3O2S. The first kappa shape index (κ1) is 21.4. The van der Waals surface area contributed by atoms with Gasteiger partial charge < -0.3 is 10.2 Å². The zero-order valence-corrected chi connectivity index (χ0v) is 18.5. The van der Waals surface area contributed by atoms with Crippen LogP contribution in [0, 0.1) is 0 Å². The number of thioether (sulfide) groups is 1. The SMILES string of the molecule is CN(CC(=O)Nc1cccc(C(=O)N2CCSCC2)c1)Cc1cccc2ccccc12. The Labute approximate surface area is 187 Å². The van der Waals surface area contributed by atoms with Crippen molar-refractivity contribution >= 4 is 40.0 Å². The fourth-order valence-electron chi connectivity index (χ4n) is 3.90. The van der Waals surface area contributed by atoms with Gasteiger partial charge in [-0.2, -0.15) is 11.8 Å². The molecule has 0 radical (unpaired) electrons. The first-order valence-corrected chi connectivity index (χ1v) is 11.7. The first-order chi connectivity index (χ1) is 15.1. The minimum atomic E-state index is -0.0956. The largest absolute Gasteiger partial charge is 0.337 e. The molecule has 1 N–H and O–H groups in total. The molecule has 0 bridgehead atoms. The van der Waals surface area contributed by atoms with Gasteiger partial charge in [-0.3, -0.25) is 14.5 Å². The van der Waals surface area contributed by atoms with E-state index in [2.05, 4.69) is 35.6 Å². The predicted octanol–water partition coefficient (Wildman–Crippen LogP) is 4.10. The Morgan fingerprint density at radius 2 is 1.74 bits per heavy atom. The van der Waals surface area contributed by atoms with Gasteiger partial charge in [0, 0.05) is 42.4 Å². The topological polar surface area (TPSA) is 52.7 Å². The molecule has 3 aromatic rings. The second kappa shape index (κ2) is 9.98. The Hall–Kier alpha value is -2.83. The lowest BCUT2D eigenvalue weighted by Gasteiger charge is -2.26. The number of amides is 2. The van der Waals surface area contributed by atoms with Crippen molar-refractivity contribution in [2.75, 3.05) is 43.5 Å². The summed E-state index contributed by atoms with van der Waals surface area (Å²) in [6, 6.07) is 21.8. The molecule has 0 aliphatic carbocycles. The average molecular weight is 434 g/mol. The Morgan fingerprint density at radius 3 is 2.58 bits per heavy atom. The fourth-order valence-corrected chi connectivity index (χ4v) is 4.80. The fraction of sp³-hybridized carbons (Fsp3) is 0.280. The zero-order valence-electron chi connectivity index (χ0n) is 17.7. The summed E-state index contributed by atoms with van der Waals surface area (Å²) < 4.78 is 0. The van der Waals surface area contributed by atoms with Crippen LogP contribution in [-0.4, -0.2) is 59.8 Å². The van der Waals surface area contributed by atoms with Gasteiger partial charge in [0.05, 0.1) is 6.54 Å². The lowest BCUT2D eigenvalue weighted by molar-refractivity contribution is -0.117. The highest BCUT2D eigenvalue weighted by molar-refractivity contribution is 7.99. The van der Waals surface area contributed by atoms with Crippen molar-refractivity contribution in [1.82, 2.24) is 9.80 Å². The van der Waals surface area contributed by atoms with E-state index in [0.29, 0.717) is 17.8 Å². The molecule has 4 rings (SSSR count). The minimum Gasteiger partial charge on any atom is -0.337 e. The molecule has 0 atom stereocenters. The number of carbonyl (C=O) groups excluding carboxylic acids is 2.